The first kappa shape index (κ1) is 21.1. The van der Waals surface area contributed by atoms with Gasteiger partial charge < -0.3 is 5.32 Å². The van der Waals surface area contributed by atoms with Gasteiger partial charge in [0, 0.05) is 25.7 Å². The molecular formula is C17H25ClN2O2S2. The van der Waals surface area contributed by atoms with E-state index in [1.54, 1.807) is 23.5 Å². The van der Waals surface area contributed by atoms with Crippen molar-refractivity contribution in [2.45, 2.75) is 38.3 Å². The van der Waals surface area contributed by atoms with E-state index in [1.807, 2.05) is 26.0 Å². The topological polar surface area (TPSA) is 49.4 Å². The number of benzene rings is 1. The number of hydrogen-bond donors (Lipinski definition) is 1. The van der Waals surface area contributed by atoms with Crippen LogP contribution >= 0.6 is 23.7 Å². The monoisotopic (exact) mass is 388 g/mol. The summed E-state index contributed by atoms with van der Waals surface area (Å²) in [5, 5.41) is 7.64. The highest BCUT2D eigenvalue weighted by atomic mass is 35.5. The molecule has 0 fully saturated rings. The molecule has 0 aliphatic heterocycles. The molecule has 1 aromatic heterocycles. The van der Waals surface area contributed by atoms with Gasteiger partial charge in [-0.3, -0.25) is 0 Å². The van der Waals surface area contributed by atoms with Gasteiger partial charge in [0.15, 0.2) is 0 Å². The summed E-state index contributed by atoms with van der Waals surface area (Å²) in [7, 11) is -3.38. The van der Waals surface area contributed by atoms with Crippen molar-refractivity contribution in [3.05, 3.63) is 52.2 Å². The van der Waals surface area contributed by atoms with Gasteiger partial charge in [0.05, 0.1) is 4.90 Å². The average molecular weight is 389 g/mol. The third kappa shape index (κ3) is 5.04. The molecule has 1 atom stereocenters. The van der Waals surface area contributed by atoms with Crippen LogP contribution in [0.5, 0.6) is 0 Å². The molecule has 0 spiro atoms. The maximum absolute atomic E-state index is 12.5. The molecule has 0 saturated carbocycles. The van der Waals surface area contributed by atoms with Crippen molar-refractivity contribution < 1.29 is 8.42 Å². The number of sulfonamides is 1. The number of thiophene rings is 1. The van der Waals surface area contributed by atoms with Crippen LogP contribution in [0.3, 0.4) is 0 Å². The highest BCUT2D eigenvalue weighted by Gasteiger charge is 2.21. The summed E-state index contributed by atoms with van der Waals surface area (Å²) < 4.78 is 26.4. The largest absolute Gasteiger partial charge is 0.306 e. The van der Waals surface area contributed by atoms with E-state index in [1.165, 1.54) is 9.87 Å². The summed E-state index contributed by atoms with van der Waals surface area (Å²) in [4.78, 5) is 0.356. The van der Waals surface area contributed by atoms with E-state index in [-0.39, 0.29) is 18.4 Å². The molecule has 0 amide bonds. The molecule has 4 nitrogen and oxygen atoms in total. The van der Waals surface area contributed by atoms with E-state index in [9.17, 15) is 8.42 Å². The summed E-state index contributed by atoms with van der Waals surface area (Å²) >= 11 is 1.69. The van der Waals surface area contributed by atoms with E-state index in [2.05, 4.69) is 29.1 Å². The Balaban J connectivity index is 0.00000288. The molecule has 0 bridgehead atoms. The SMILES string of the molecule is CCN(CC)S(=O)(=O)c1ccc(C(C)NCc2ccsc2)cc1.Cl. The Morgan fingerprint density at radius 1 is 1.12 bits per heavy atom. The molecule has 0 aliphatic rings. The van der Waals surface area contributed by atoms with E-state index in [0.29, 0.717) is 18.0 Å². The van der Waals surface area contributed by atoms with Crippen molar-refractivity contribution >= 4 is 33.8 Å². The number of hydrogen-bond acceptors (Lipinski definition) is 4. The molecule has 7 heteroatoms. The zero-order chi connectivity index (χ0) is 16.9. The van der Waals surface area contributed by atoms with Gasteiger partial charge in [0.25, 0.3) is 0 Å². The summed E-state index contributed by atoms with van der Waals surface area (Å²) in [5.41, 5.74) is 2.35. The van der Waals surface area contributed by atoms with Crippen LogP contribution in [0.4, 0.5) is 0 Å². The van der Waals surface area contributed by atoms with Crippen LogP contribution in [0.1, 0.15) is 37.9 Å². The van der Waals surface area contributed by atoms with Crippen molar-refractivity contribution in [1.29, 1.82) is 0 Å². The lowest BCUT2D eigenvalue weighted by Crippen LogP contribution is -2.30. The first-order chi connectivity index (χ1) is 11.0. The van der Waals surface area contributed by atoms with Gasteiger partial charge in [-0.1, -0.05) is 26.0 Å². The van der Waals surface area contributed by atoms with Gasteiger partial charge in [-0.2, -0.15) is 15.6 Å². The van der Waals surface area contributed by atoms with Gasteiger partial charge in [0.2, 0.25) is 10.0 Å². The van der Waals surface area contributed by atoms with Gasteiger partial charge in [-0.25, -0.2) is 8.42 Å². The number of rotatable bonds is 8. The van der Waals surface area contributed by atoms with Crippen LogP contribution in [-0.4, -0.2) is 25.8 Å². The Kier molecular flexibility index (Phi) is 8.39. The van der Waals surface area contributed by atoms with E-state index in [4.69, 9.17) is 0 Å². The minimum Gasteiger partial charge on any atom is -0.306 e. The third-order valence-corrected chi connectivity index (χ3v) is 6.71. The fraction of sp³-hybridized carbons (Fsp3) is 0.412. The van der Waals surface area contributed by atoms with Crippen molar-refractivity contribution in [3.8, 4) is 0 Å². The summed E-state index contributed by atoms with van der Waals surface area (Å²) in [6.45, 7) is 7.57. The first-order valence-corrected chi connectivity index (χ1v) is 10.2. The van der Waals surface area contributed by atoms with Crippen molar-refractivity contribution in [2.24, 2.45) is 0 Å². The maximum Gasteiger partial charge on any atom is 0.243 e. The minimum absolute atomic E-state index is 0. The van der Waals surface area contributed by atoms with Gasteiger partial charge in [0.1, 0.15) is 0 Å². The second-order valence-corrected chi connectivity index (χ2v) is 8.11. The fourth-order valence-electron chi connectivity index (χ4n) is 2.42. The van der Waals surface area contributed by atoms with Crippen LogP contribution in [-0.2, 0) is 16.6 Å². The Labute approximate surface area is 155 Å². The molecule has 1 N–H and O–H groups in total. The summed E-state index contributed by atoms with van der Waals surface area (Å²) in [5.74, 6) is 0. The molecule has 0 aliphatic carbocycles. The second-order valence-electron chi connectivity index (χ2n) is 5.39. The predicted octanol–water partition coefficient (Wildman–Crippen LogP) is 4.05. The van der Waals surface area contributed by atoms with Gasteiger partial charge in [-0.15, -0.1) is 12.4 Å². The first-order valence-electron chi connectivity index (χ1n) is 7.83. The highest BCUT2D eigenvalue weighted by Crippen LogP contribution is 2.20. The molecule has 0 saturated heterocycles. The Morgan fingerprint density at radius 2 is 1.75 bits per heavy atom. The Hall–Kier alpha value is -0.920. The van der Waals surface area contributed by atoms with Crippen LogP contribution in [0.2, 0.25) is 0 Å². The standard InChI is InChI=1S/C17H24N2O2S2.ClH/c1-4-19(5-2)23(20,21)17-8-6-16(7-9-17)14(3)18-12-15-10-11-22-13-15;/h6-11,13-14,18H,4-5,12H2,1-3H3;1H. The summed E-state index contributed by atoms with van der Waals surface area (Å²) in [6, 6.07) is 9.45. The van der Waals surface area contributed by atoms with E-state index < -0.39 is 10.0 Å². The molecule has 24 heavy (non-hydrogen) atoms. The van der Waals surface area contributed by atoms with Crippen molar-refractivity contribution in [2.75, 3.05) is 13.1 Å². The fourth-order valence-corrected chi connectivity index (χ4v) is 4.55. The van der Waals surface area contributed by atoms with Crippen LogP contribution < -0.4 is 5.32 Å². The Morgan fingerprint density at radius 3 is 2.25 bits per heavy atom. The number of nitrogens with zero attached hydrogens (tertiary/aromatic N) is 1. The quantitative estimate of drug-likeness (QED) is 0.742. The third-order valence-electron chi connectivity index (χ3n) is 3.92. The molecule has 2 rings (SSSR count). The smallest absolute Gasteiger partial charge is 0.243 e. The second kappa shape index (κ2) is 9.53. The van der Waals surface area contributed by atoms with Crippen LogP contribution in [0.15, 0.2) is 46.0 Å². The number of halogens is 1. The highest BCUT2D eigenvalue weighted by molar-refractivity contribution is 7.89. The lowest BCUT2D eigenvalue weighted by Gasteiger charge is -2.19. The Bertz CT molecular complexity index is 697. The van der Waals surface area contributed by atoms with Crippen molar-refractivity contribution in [1.82, 2.24) is 9.62 Å². The van der Waals surface area contributed by atoms with Crippen LogP contribution in [0, 0.1) is 0 Å². The molecular weight excluding hydrogens is 364 g/mol. The van der Waals surface area contributed by atoms with Crippen molar-refractivity contribution in [3.63, 3.8) is 0 Å². The van der Waals surface area contributed by atoms with Crippen LogP contribution in [0.25, 0.3) is 0 Å². The minimum atomic E-state index is -3.38. The molecule has 134 valence electrons. The normalized spacial score (nSPS) is 12.8. The molecule has 1 aromatic carbocycles. The average Bonchev–Trinajstić information content (AvgIpc) is 3.07. The predicted molar refractivity (Wildman–Crippen MR) is 103 cm³/mol. The maximum atomic E-state index is 12.5. The molecule has 1 heterocycles. The molecule has 1 unspecified atom stereocenters. The zero-order valence-corrected chi connectivity index (χ0v) is 16.7. The van der Waals surface area contributed by atoms with E-state index >= 15 is 0 Å². The lowest BCUT2D eigenvalue weighted by molar-refractivity contribution is 0.445. The van der Waals surface area contributed by atoms with Gasteiger partial charge >= 0.3 is 0 Å². The van der Waals surface area contributed by atoms with E-state index in [0.717, 1.165) is 12.1 Å². The number of nitrogens with one attached hydrogen (secondary N) is 1. The summed E-state index contributed by atoms with van der Waals surface area (Å²) in [6.07, 6.45) is 0. The lowest BCUT2D eigenvalue weighted by atomic mass is 10.1. The van der Waals surface area contributed by atoms with Gasteiger partial charge in [-0.05, 0) is 47.0 Å². The molecule has 2 aromatic rings. The zero-order valence-electron chi connectivity index (χ0n) is 14.2. The molecule has 0 radical (unpaired) electrons.